The number of nitrogens with zero attached hydrogens (tertiary/aromatic N) is 6. The van der Waals surface area contributed by atoms with Gasteiger partial charge in [0.25, 0.3) is 5.89 Å². The van der Waals surface area contributed by atoms with Gasteiger partial charge < -0.3 is 9.84 Å². The van der Waals surface area contributed by atoms with Crippen molar-refractivity contribution in [3.8, 4) is 17.3 Å². The van der Waals surface area contributed by atoms with Crippen molar-refractivity contribution in [2.45, 2.75) is 13.0 Å². The van der Waals surface area contributed by atoms with Crippen LogP contribution in [0.2, 0.25) is 0 Å². The summed E-state index contributed by atoms with van der Waals surface area (Å²) in [5, 5.41) is 15.8. The molecule has 1 unspecified atom stereocenters. The minimum absolute atomic E-state index is 0.114. The van der Waals surface area contributed by atoms with Crippen LogP contribution in [0, 0.1) is 6.92 Å². The first-order valence-electron chi connectivity index (χ1n) is 7.95. The molecular weight excluding hydrogens is 306 g/mol. The van der Waals surface area contributed by atoms with E-state index >= 15 is 0 Å². The molecule has 1 aliphatic heterocycles. The molecule has 1 aliphatic rings. The number of benzene rings is 1. The lowest BCUT2D eigenvalue weighted by molar-refractivity contribution is 0.190. The van der Waals surface area contributed by atoms with Crippen molar-refractivity contribution in [1.82, 2.24) is 35.4 Å². The van der Waals surface area contributed by atoms with Gasteiger partial charge in [-0.05, 0) is 31.7 Å². The van der Waals surface area contributed by atoms with E-state index < -0.39 is 0 Å². The Kier molecular flexibility index (Phi) is 3.83. The number of aryl methyl sites for hydroxylation is 1. The van der Waals surface area contributed by atoms with Crippen molar-refractivity contribution in [1.29, 1.82) is 0 Å². The first kappa shape index (κ1) is 15.0. The molecule has 24 heavy (non-hydrogen) atoms. The third-order valence-electron chi connectivity index (χ3n) is 4.23. The summed E-state index contributed by atoms with van der Waals surface area (Å²) in [7, 11) is 2.07. The molecular formula is C16H19N7O. The van der Waals surface area contributed by atoms with Crippen molar-refractivity contribution < 1.29 is 4.52 Å². The maximum Gasteiger partial charge on any atom is 0.280 e. The lowest BCUT2D eigenvalue weighted by Crippen LogP contribution is -2.44. The molecule has 3 heterocycles. The van der Waals surface area contributed by atoms with E-state index in [2.05, 4.69) is 37.7 Å². The van der Waals surface area contributed by atoms with E-state index in [1.165, 1.54) is 0 Å². The molecule has 3 aromatic rings. The number of hydrogen-bond donors (Lipinski definition) is 1. The van der Waals surface area contributed by atoms with Gasteiger partial charge >= 0.3 is 0 Å². The predicted octanol–water partition coefficient (Wildman–Crippen LogP) is 1.20. The van der Waals surface area contributed by atoms with Crippen LogP contribution in [0.3, 0.4) is 0 Å². The molecule has 1 fully saturated rings. The van der Waals surface area contributed by atoms with Crippen molar-refractivity contribution in [2.24, 2.45) is 0 Å². The van der Waals surface area contributed by atoms with Gasteiger partial charge in [-0.1, -0.05) is 22.5 Å². The van der Waals surface area contributed by atoms with Crippen LogP contribution in [0.1, 0.15) is 17.4 Å². The first-order valence-corrected chi connectivity index (χ1v) is 7.95. The molecule has 0 spiro atoms. The number of rotatable bonds is 3. The van der Waals surface area contributed by atoms with E-state index in [0.29, 0.717) is 17.4 Å². The van der Waals surface area contributed by atoms with E-state index in [0.717, 1.165) is 30.9 Å². The molecule has 1 saturated heterocycles. The molecule has 0 saturated carbocycles. The highest BCUT2D eigenvalue weighted by Crippen LogP contribution is 2.22. The largest absolute Gasteiger partial charge is 0.332 e. The molecule has 8 heteroatoms. The van der Waals surface area contributed by atoms with Gasteiger partial charge in [0, 0.05) is 19.6 Å². The molecule has 1 N–H and O–H groups in total. The van der Waals surface area contributed by atoms with E-state index in [-0.39, 0.29) is 6.04 Å². The van der Waals surface area contributed by atoms with Gasteiger partial charge in [0.1, 0.15) is 0 Å². The summed E-state index contributed by atoms with van der Waals surface area (Å²) in [5.74, 6) is 1.06. The summed E-state index contributed by atoms with van der Waals surface area (Å²) >= 11 is 0. The Bertz CT molecular complexity index is 840. The maximum atomic E-state index is 5.39. The number of likely N-dealkylation sites (N-methyl/N-ethyl adjacent to an activating group) is 1. The van der Waals surface area contributed by atoms with Crippen LogP contribution in [-0.2, 0) is 0 Å². The minimum atomic E-state index is 0.114. The molecule has 1 atom stereocenters. The molecule has 0 radical (unpaired) electrons. The first-order chi connectivity index (χ1) is 11.7. The van der Waals surface area contributed by atoms with Gasteiger partial charge in [-0.2, -0.15) is 4.98 Å². The topological polar surface area (TPSA) is 84.9 Å². The Morgan fingerprint density at radius 3 is 3.08 bits per heavy atom. The normalized spacial score (nSPS) is 18.8. The lowest BCUT2D eigenvalue weighted by Gasteiger charge is -2.30. The van der Waals surface area contributed by atoms with Crippen LogP contribution < -0.4 is 5.32 Å². The van der Waals surface area contributed by atoms with Crippen LogP contribution in [0.5, 0.6) is 0 Å². The van der Waals surface area contributed by atoms with Crippen molar-refractivity contribution in [3.05, 3.63) is 41.9 Å². The maximum absolute atomic E-state index is 5.39. The smallest absolute Gasteiger partial charge is 0.280 e. The molecule has 0 amide bonds. The van der Waals surface area contributed by atoms with Crippen LogP contribution in [0.25, 0.3) is 17.3 Å². The van der Waals surface area contributed by atoms with E-state index in [1.54, 1.807) is 10.9 Å². The van der Waals surface area contributed by atoms with Crippen molar-refractivity contribution >= 4 is 0 Å². The van der Waals surface area contributed by atoms with E-state index in [4.69, 9.17) is 4.52 Å². The number of hydrogen-bond acceptors (Lipinski definition) is 7. The zero-order valence-corrected chi connectivity index (χ0v) is 13.7. The quantitative estimate of drug-likeness (QED) is 0.774. The van der Waals surface area contributed by atoms with Gasteiger partial charge in [0.05, 0.1) is 17.9 Å². The second kappa shape index (κ2) is 6.14. The fourth-order valence-electron chi connectivity index (χ4n) is 2.83. The number of piperazine rings is 1. The van der Waals surface area contributed by atoms with Crippen LogP contribution in [0.15, 0.2) is 35.0 Å². The third-order valence-corrected chi connectivity index (χ3v) is 4.23. The minimum Gasteiger partial charge on any atom is -0.332 e. The van der Waals surface area contributed by atoms with Gasteiger partial charge in [0.15, 0.2) is 11.5 Å². The summed E-state index contributed by atoms with van der Waals surface area (Å²) in [6.07, 6.45) is 1.80. The molecule has 0 aliphatic carbocycles. The summed E-state index contributed by atoms with van der Waals surface area (Å²) < 4.78 is 7.10. The van der Waals surface area contributed by atoms with Crippen LogP contribution in [0.4, 0.5) is 0 Å². The number of nitrogens with one attached hydrogen (secondary N) is 1. The van der Waals surface area contributed by atoms with Crippen molar-refractivity contribution in [2.75, 3.05) is 26.7 Å². The average Bonchev–Trinajstić information content (AvgIpc) is 3.25. The Labute approximate surface area is 139 Å². The summed E-state index contributed by atoms with van der Waals surface area (Å²) in [4.78, 5) is 6.72. The third kappa shape index (κ3) is 2.81. The van der Waals surface area contributed by atoms with Gasteiger partial charge in [0.2, 0.25) is 0 Å². The van der Waals surface area contributed by atoms with E-state index in [1.807, 2.05) is 31.2 Å². The molecule has 8 nitrogen and oxygen atoms in total. The van der Waals surface area contributed by atoms with Crippen LogP contribution >= 0.6 is 0 Å². The molecule has 124 valence electrons. The Morgan fingerprint density at radius 2 is 2.25 bits per heavy atom. The number of aromatic nitrogens is 5. The highest BCUT2D eigenvalue weighted by Gasteiger charge is 2.26. The Balaban J connectivity index is 1.59. The fraction of sp³-hybridized carbons (Fsp3) is 0.375. The van der Waals surface area contributed by atoms with Gasteiger partial charge in [-0.3, -0.25) is 4.90 Å². The monoisotopic (exact) mass is 325 g/mol. The van der Waals surface area contributed by atoms with Gasteiger partial charge in [-0.15, -0.1) is 5.10 Å². The highest BCUT2D eigenvalue weighted by molar-refractivity contribution is 5.46. The molecule has 0 bridgehead atoms. The fourth-order valence-corrected chi connectivity index (χ4v) is 2.83. The second-order valence-electron chi connectivity index (χ2n) is 6.05. The summed E-state index contributed by atoms with van der Waals surface area (Å²) in [6.45, 7) is 4.78. The van der Waals surface area contributed by atoms with Crippen LogP contribution in [-0.4, -0.2) is 56.7 Å². The van der Waals surface area contributed by atoms with Gasteiger partial charge in [-0.25, -0.2) is 4.68 Å². The highest BCUT2D eigenvalue weighted by atomic mass is 16.5. The molecule has 1 aromatic carbocycles. The standard InChI is InChI=1S/C16H19N7O/c1-11-4-3-5-12(8-11)23-10-13(19-21-23)16-18-15(20-24-16)14-9-17-6-7-22(14)2/h3-5,8,10,14,17H,6-7,9H2,1-2H3. The molecule has 4 rings (SSSR count). The SMILES string of the molecule is Cc1cccc(-n2cc(-c3nc(C4CNCCN4C)no3)nn2)c1. The van der Waals surface area contributed by atoms with E-state index in [9.17, 15) is 0 Å². The Morgan fingerprint density at radius 1 is 1.33 bits per heavy atom. The average molecular weight is 325 g/mol. The Hall–Kier alpha value is -2.58. The summed E-state index contributed by atoms with van der Waals surface area (Å²) in [6, 6.07) is 8.17. The molecule has 2 aromatic heterocycles. The predicted molar refractivity (Wildman–Crippen MR) is 87.6 cm³/mol. The zero-order chi connectivity index (χ0) is 16.5. The zero-order valence-electron chi connectivity index (χ0n) is 13.7. The second-order valence-corrected chi connectivity index (χ2v) is 6.05. The van der Waals surface area contributed by atoms with Crippen molar-refractivity contribution in [3.63, 3.8) is 0 Å². The summed E-state index contributed by atoms with van der Waals surface area (Å²) in [5.41, 5.74) is 2.68. The lowest BCUT2D eigenvalue weighted by atomic mass is 10.2.